The normalized spacial score (nSPS) is 14.9. The molecule has 0 spiro atoms. The van der Waals surface area contributed by atoms with Gasteiger partial charge in [0.15, 0.2) is 5.65 Å². The number of halogens is 2. The molecule has 3 heterocycles. The van der Waals surface area contributed by atoms with E-state index >= 15 is 0 Å². The monoisotopic (exact) mass is 474 g/mol. The number of nitrogens with zero attached hydrogens (tertiary/aromatic N) is 6. The number of alkyl halides is 1. The van der Waals surface area contributed by atoms with Gasteiger partial charge in [-0.05, 0) is 37.0 Å². The summed E-state index contributed by atoms with van der Waals surface area (Å²) in [5.74, 6) is 2.24. The first-order valence-electron chi connectivity index (χ1n) is 11.1. The third-order valence-corrected chi connectivity index (χ3v) is 6.18. The molecular formula is C23H28Cl2N6O. The zero-order valence-electron chi connectivity index (χ0n) is 18.5. The van der Waals surface area contributed by atoms with Gasteiger partial charge in [0.2, 0.25) is 5.91 Å². The lowest BCUT2D eigenvalue weighted by molar-refractivity contribution is -0.128. The van der Waals surface area contributed by atoms with Crippen molar-refractivity contribution < 1.29 is 4.79 Å². The average molecular weight is 475 g/mol. The van der Waals surface area contributed by atoms with Gasteiger partial charge in [-0.3, -0.25) is 4.79 Å². The Kier molecular flexibility index (Phi) is 7.16. The van der Waals surface area contributed by atoms with Crippen LogP contribution >= 0.6 is 23.2 Å². The van der Waals surface area contributed by atoms with Gasteiger partial charge in [-0.15, -0.1) is 11.6 Å². The van der Waals surface area contributed by atoms with Crippen LogP contribution in [0.15, 0.2) is 30.5 Å². The first-order valence-corrected chi connectivity index (χ1v) is 12.0. The first-order chi connectivity index (χ1) is 15.5. The molecule has 1 aliphatic rings. The van der Waals surface area contributed by atoms with Crippen LogP contribution in [-0.4, -0.2) is 62.6 Å². The van der Waals surface area contributed by atoms with Crippen molar-refractivity contribution in [1.82, 2.24) is 24.6 Å². The number of anilines is 1. The van der Waals surface area contributed by atoms with Crippen molar-refractivity contribution in [2.75, 3.05) is 37.0 Å². The quantitative estimate of drug-likeness (QED) is 0.497. The zero-order valence-corrected chi connectivity index (χ0v) is 20.0. The summed E-state index contributed by atoms with van der Waals surface area (Å²) in [5, 5.41) is 6.17. The molecule has 0 radical (unpaired) electrons. The lowest BCUT2D eigenvalue weighted by atomic mass is 10.1. The Bertz CT molecular complexity index is 1100. The number of hydrogen-bond donors (Lipinski definition) is 0. The van der Waals surface area contributed by atoms with E-state index in [1.54, 1.807) is 0 Å². The van der Waals surface area contributed by atoms with Crippen molar-refractivity contribution in [3.05, 3.63) is 41.3 Å². The molecule has 1 amide bonds. The first kappa shape index (κ1) is 22.8. The summed E-state index contributed by atoms with van der Waals surface area (Å²) >= 11 is 12.0. The maximum absolute atomic E-state index is 12.1. The molecule has 32 heavy (non-hydrogen) atoms. The number of hydrogen-bond acceptors (Lipinski definition) is 5. The molecule has 2 aromatic heterocycles. The Balaban J connectivity index is 1.74. The molecular weight excluding hydrogens is 447 g/mol. The fraction of sp³-hybridized carbons (Fsp3) is 0.478. The van der Waals surface area contributed by atoms with Crippen LogP contribution in [0.3, 0.4) is 0 Å². The summed E-state index contributed by atoms with van der Waals surface area (Å²) in [6.07, 6.45) is 4.49. The molecule has 7 nitrogen and oxygen atoms in total. The number of aromatic nitrogens is 4. The van der Waals surface area contributed by atoms with Crippen LogP contribution in [0, 0.1) is 5.92 Å². The van der Waals surface area contributed by atoms with Gasteiger partial charge in [-0.2, -0.15) is 5.10 Å². The minimum atomic E-state index is -0.0206. The highest BCUT2D eigenvalue weighted by Gasteiger charge is 2.23. The molecule has 0 aliphatic carbocycles. The number of carbonyl (C=O) groups is 1. The summed E-state index contributed by atoms with van der Waals surface area (Å²) in [6.45, 7) is 7.24. The molecule has 3 aromatic rings. The number of aryl methyl sites for hydroxylation is 1. The summed E-state index contributed by atoms with van der Waals surface area (Å²) < 4.78 is 1.83. The van der Waals surface area contributed by atoms with E-state index in [-0.39, 0.29) is 11.8 Å². The van der Waals surface area contributed by atoms with E-state index in [1.165, 1.54) is 0 Å². The molecule has 0 saturated carbocycles. The zero-order chi connectivity index (χ0) is 22.7. The molecule has 9 heteroatoms. The highest BCUT2D eigenvalue weighted by molar-refractivity contribution is 6.30. The number of rotatable bonds is 6. The molecule has 1 aliphatic heterocycles. The minimum absolute atomic E-state index is 0.0174. The van der Waals surface area contributed by atoms with E-state index < -0.39 is 0 Å². The van der Waals surface area contributed by atoms with E-state index in [0.29, 0.717) is 30.6 Å². The van der Waals surface area contributed by atoms with Gasteiger partial charge in [0.1, 0.15) is 17.5 Å². The van der Waals surface area contributed by atoms with Crippen molar-refractivity contribution in [2.45, 2.75) is 33.1 Å². The van der Waals surface area contributed by atoms with Crippen LogP contribution in [-0.2, 0) is 11.2 Å². The van der Waals surface area contributed by atoms with Crippen molar-refractivity contribution in [3.63, 3.8) is 0 Å². The second-order valence-corrected chi connectivity index (χ2v) is 9.23. The van der Waals surface area contributed by atoms with Crippen LogP contribution < -0.4 is 4.90 Å². The second-order valence-electron chi connectivity index (χ2n) is 8.52. The summed E-state index contributed by atoms with van der Waals surface area (Å²) in [7, 11) is 0. The molecule has 0 N–H and O–H groups in total. The fourth-order valence-corrected chi connectivity index (χ4v) is 4.32. The molecule has 0 unspecified atom stereocenters. The van der Waals surface area contributed by atoms with Crippen molar-refractivity contribution in [3.8, 4) is 5.69 Å². The Hall–Kier alpha value is -2.38. The van der Waals surface area contributed by atoms with Gasteiger partial charge in [0, 0.05) is 37.6 Å². The van der Waals surface area contributed by atoms with Crippen LogP contribution in [0.4, 0.5) is 5.82 Å². The predicted octanol–water partition coefficient (Wildman–Crippen LogP) is 4.34. The van der Waals surface area contributed by atoms with Crippen LogP contribution in [0.5, 0.6) is 0 Å². The average Bonchev–Trinajstić information content (AvgIpc) is 3.05. The molecule has 0 atom stereocenters. The highest BCUT2D eigenvalue weighted by atomic mass is 35.5. The SMILES string of the molecule is CC(C)CCc1nc(N2CCCN(C(=O)CCl)CC2)c2cnn(-c3cccc(Cl)c3)c2n1. The Morgan fingerprint density at radius 1 is 1.16 bits per heavy atom. The maximum Gasteiger partial charge on any atom is 0.237 e. The third-order valence-electron chi connectivity index (χ3n) is 5.72. The van der Waals surface area contributed by atoms with E-state index in [1.807, 2.05) is 40.0 Å². The van der Waals surface area contributed by atoms with Gasteiger partial charge < -0.3 is 9.80 Å². The van der Waals surface area contributed by atoms with Crippen molar-refractivity contribution in [2.24, 2.45) is 5.92 Å². The van der Waals surface area contributed by atoms with Gasteiger partial charge in [0.25, 0.3) is 0 Å². The van der Waals surface area contributed by atoms with E-state index in [2.05, 4.69) is 23.8 Å². The molecule has 1 saturated heterocycles. The Morgan fingerprint density at radius 2 is 2.00 bits per heavy atom. The molecule has 170 valence electrons. The summed E-state index contributed by atoms with van der Waals surface area (Å²) in [6, 6.07) is 7.60. The smallest absolute Gasteiger partial charge is 0.237 e. The van der Waals surface area contributed by atoms with E-state index in [9.17, 15) is 4.79 Å². The largest absolute Gasteiger partial charge is 0.354 e. The third kappa shape index (κ3) is 4.99. The highest BCUT2D eigenvalue weighted by Crippen LogP contribution is 2.28. The minimum Gasteiger partial charge on any atom is -0.354 e. The maximum atomic E-state index is 12.1. The number of benzene rings is 1. The molecule has 1 fully saturated rings. The Morgan fingerprint density at radius 3 is 2.75 bits per heavy atom. The topological polar surface area (TPSA) is 67.2 Å². The van der Waals surface area contributed by atoms with E-state index in [4.69, 9.17) is 33.2 Å². The van der Waals surface area contributed by atoms with Gasteiger partial charge >= 0.3 is 0 Å². The lowest BCUT2D eigenvalue weighted by Gasteiger charge is -2.23. The van der Waals surface area contributed by atoms with Crippen molar-refractivity contribution >= 4 is 46.0 Å². The van der Waals surface area contributed by atoms with Crippen LogP contribution in [0.25, 0.3) is 16.7 Å². The number of carbonyl (C=O) groups excluding carboxylic acids is 1. The second kappa shape index (κ2) is 10.0. The summed E-state index contributed by atoms with van der Waals surface area (Å²) in [5.41, 5.74) is 1.63. The molecule has 1 aromatic carbocycles. The summed E-state index contributed by atoms with van der Waals surface area (Å²) in [4.78, 5) is 26.0. The lowest BCUT2D eigenvalue weighted by Crippen LogP contribution is -2.36. The predicted molar refractivity (Wildman–Crippen MR) is 129 cm³/mol. The fourth-order valence-electron chi connectivity index (χ4n) is 3.97. The van der Waals surface area contributed by atoms with Gasteiger partial charge in [0.05, 0.1) is 17.3 Å². The van der Waals surface area contributed by atoms with Gasteiger partial charge in [-0.1, -0.05) is 31.5 Å². The van der Waals surface area contributed by atoms with Gasteiger partial charge in [-0.25, -0.2) is 14.6 Å². The van der Waals surface area contributed by atoms with Crippen LogP contribution in [0.2, 0.25) is 5.02 Å². The number of fused-ring (bicyclic) bond motifs is 1. The Labute approximate surface area is 198 Å². The standard InChI is InChI=1S/C23H28Cl2N6O/c1-16(2)7-8-20-27-22(30-10-4-9-29(11-12-30)21(32)14-24)19-15-26-31(23(19)28-20)18-6-3-5-17(25)13-18/h3,5-6,13,15-16H,4,7-12,14H2,1-2H3. The number of amides is 1. The van der Waals surface area contributed by atoms with Crippen molar-refractivity contribution in [1.29, 1.82) is 0 Å². The molecule has 0 bridgehead atoms. The van der Waals surface area contributed by atoms with Crippen LogP contribution in [0.1, 0.15) is 32.5 Å². The molecule has 4 rings (SSSR count). The van der Waals surface area contributed by atoms with E-state index in [0.717, 1.165) is 54.2 Å².